The van der Waals surface area contributed by atoms with Crippen molar-refractivity contribution in [2.75, 3.05) is 19.1 Å². The third kappa shape index (κ3) is 7.38. The van der Waals surface area contributed by atoms with Gasteiger partial charge in [-0.25, -0.2) is 18.7 Å². The summed E-state index contributed by atoms with van der Waals surface area (Å²) < 4.78 is 61.4. The van der Waals surface area contributed by atoms with Gasteiger partial charge in [0, 0.05) is 23.4 Å². The van der Waals surface area contributed by atoms with Gasteiger partial charge in [0.1, 0.15) is 24.4 Å². The Kier molecular flexibility index (Phi) is 7.68. The smallest absolute Gasteiger partial charge is 0.405 e. The molecule has 0 radical (unpaired) electrons. The van der Waals surface area contributed by atoms with Crippen molar-refractivity contribution in [2.45, 2.75) is 32.5 Å². The van der Waals surface area contributed by atoms with Crippen LogP contribution in [-0.2, 0) is 20.6 Å². The molecular formula is C24H26F4N4O2S. The predicted octanol–water partition coefficient (Wildman–Crippen LogP) is 4.77. The SMILES string of the molecule is C=S(C)(C)=Nc1cc(C)c2c(Cc3ccc(F)cc3O[C@H](C)C(=O)NCC(F)(F)F)ncnc2c1. The number of halogens is 4. The Bertz CT molecular complexity index is 1370. The van der Waals surface area contributed by atoms with E-state index in [1.54, 1.807) is 5.32 Å². The van der Waals surface area contributed by atoms with Crippen LogP contribution in [0.2, 0.25) is 0 Å². The van der Waals surface area contributed by atoms with Crippen molar-refractivity contribution in [2.24, 2.45) is 4.36 Å². The van der Waals surface area contributed by atoms with E-state index in [1.165, 1.54) is 25.4 Å². The lowest BCUT2D eigenvalue weighted by molar-refractivity contribution is -0.142. The van der Waals surface area contributed by atoms with Gasteiger partial charge in [-0.15, -0.1) is 9.41 Å². The van der Waals surface area contributed by atoms with E-state index >= 15 is 0 Å². The number of amides is 1. The van der Waals surface area contributed by atoms with Crippen molar-refractivity contribution < 1.29 is 27.1 Å². The van der Waals surface area contributed by atoms with Crippen LogP contribution >= 0.6 is 0 Å². The molecule has 0 aliphatic carbocycles. The van der Waals surface area contributed by atoms with Crippen LogP contribution in [0.4, 0.5) is 23.2 Å². The van der Waals surface area contributed by atoms with E-state index in [-0.39, 0.29) is 12.2 Å². The first-order valence-corrected chi connectivity index (χ1v) is 13.1. The van der Waals surface area contributed by atoms with Gasteiger partial charge in [-0.3, -0.25) is 4.79 Å². The number of hydrogen-bond donors (Lipinski definition) is 1. The normalized spacial score (nSPS) is 12.9. The summed E-state index contributed by atoms with van der Waals surface area (Å²) in [5.74, 6) is 2.54. The molecule has 3 rings (SSSR count). The van der Waals surface area contributed by atoms with Gasteiger partial charge in [0.25, 0.3) is 5.91 Å². The molecule has 1 aromatic heterocycles. The molecule has 0 unspecified atom stereocenters. The van der Waals surface area contributed by atoms with Gasteiger partial charge in [0.2, 0.25) is 0 Å². The van der Waals surface area contributed by atoms with Crippen LogP contribution in [0.5, 0.6) is 5.75 Å². The fraction of sp³-hybridized carbons (Fsp3) is 0.333. The number of aryl methyl sites for hydroxylation is 1. The number of benzene rings is 2. The largest absolute Gasteiger partial charge is 0.480 e. The maximum Gasteiger partial charge on any atom is 0.405 e. The van der Waals surface area contributed by atoms with Gasteiger partial charge in [-0.1, -0.05) is 11.9 Å². The molecule has 1 atom stereocenters. The Balaban J connectivity index is 1.93. The molecule has 0 saturated heterocycles. The average molecular weight is 511 g/mol. The van der Waals surface area contributed by atoms with Crippen LogP contribution in [0, 0.1) is 12.7 Å². The molecule has 0 saturated carbocycles. The minimum Gasteiger partial charge on any atom is -0.480 e. The molecule has 6 nitrogen and oxygen atoms in total. The van der Waals surface area contributed by atoms with Crippen molar-refractivity contribution in [1.29, 1.82) is 0 Å². The highest BCUT2D eigenvalue weighted by Gasteiger charge is 2.29. The van der Waals surface area contributed by atoms with E-state index in [9.17, 15) is 22.4 Å². The summed E-state index contributed by atoms with van der Waals surface area (Å²) in [5.41, 5.74) is 3.50. The molecule has 3 aromatic rings. The summed E-state index contributed by atoms with van der Waals surface area (Å²) in [6, 6.07) is 7.59. The topological polar surface area (TPSA) is 76.5 Å². The van der Waals surface area contributed by atoms with E-state index in [0.717, 1.165) is 22.7 Å². The minimum absolute atomic E-state index is 0.0399. The highest BCUT2D eigenvalue weighted by molar-refractivity contribution is 8.01. The van der Waals surface area contributed by atoms with Gasteiger partial charge in [0.15, 0.2) is 6.10 Å². The van der Waals surface area contributed by atoms with E-state index in [0.29, 0.717) is 16.8 Å². The van der Waals surface area contributed by atoms with Crippen molar-refractivity contribution in [3.05, 3.63) is 59.3 Å². The standard InChI is InChI=1S/C24H26F4N4O2S/c1-14-8-18(32-35(3,4)5)11-20-22(14)19(30-13-31-20)9-16-6-7-17(25)10-21(16)34-15(2)23(33)29-12-24(26,27)28/h6-8,10-11,13,15H,3,9,12H2,1-2,4-5H3,(H,29,33)/t15-/m1/s1. The van der Waals surface area contributed by atoms with Crippen LogP contribution < -0.4 is 10.1 Å². The molecule has 0 aliphatic rings. The molecule has 1 N–H and O–H groups in total. The zero-order chi connectivity index (χ0) is 26.0. The van der Waals surface area contributed by atoms with E-state index in [4.69, 9.17) is 4.74 Å². The Labute approximate surface area is 201 Å². The fourth-order valence-corrected chi connectivity index (χ4v) is 4.14. The number of rotatable bonds is 7. The fourth-order valence-electron chi connectivity index (χ4n) is 3.46. The lowest BCUT2D eigenvalue weighted by Gasteiger charge is -2.18. The van der Waals surface area contributed by atoms with Crippen LogP contribution in [-0.4, -0.2) is 53.1 Å². The molecule has 0 aliphatic heterocycles. The first-order chi connectivity index (χ1) is 16.2. The zero-order valence-electron chi connectivity index (χ0n) is 19.7. The van der Waals surface area contributed by atoms with Gasteiger partial charge in [-0.05, 0) is 50.1 Å². The van der Waals surface area contributed by atoms with E-state index in [2.05, 4.69) is 20.2 Å². The van der Waals surface area contributed by atoms with Gasteiger partial charge in [-0.2, -0.15) is 13.2 Å². The molecule has 11 heteroatoms. The van der Waals surface area contributed by atoms with Crippen LogP contribution in [0.1, 0.15) is 23.7 Å². The Morgan fingerprint density at radius 1 is 1.23 bits per heavy atom. The predicted molar refractivity (Wildman–Crippen MR) is 131 cm³/mol. The summed E-state index contributed by atoms with van der Waals surface area (Å²) in [6.07, 6.45) is -0.255. The second kappa shape index (κ2) is 10.2. The number of carbonyl (C=O) groups is 1. The van der Waals surface area contributed by atoms with Crippen molar-refractivity contribution in [1.82, 2.24) is 15.3 Å². The number of nitrogens with zero attached hydrogens (tertiary/aromatic N) is 3. The second-order valence-corrected chi connectivity index (χ2v) is 11.7. The number of fused-ring (bicyclic) bond motifs is 1. The number of carbonyl (C=O) groups excluding carboxylic acids is 1. The zero-order valence-corrected chi connectivity index (χ0v) is 20.6. The Morgan fingerprint density at radius 3 is 2.60 bits per heavy atom. The first kappa shape index (κ1) is 26.4. The number of alkyl halides is 3. The quantitative estimate of drug-likeness (QED) is 0.367. The molecule has 1 amide bonds. The summed E-state index contributed by atoms with van der Waals surface area (Å²) in [5, 5.41) is 2.56. The number of hydrogen-bond acceptors (Lipinski definition) is 5. The monoisotopic (exact) mass is 510 g/mol. The maximum atomic E-state index is 14.0. The third-order valence-corrected chi connectivity index (χ3v) is 5.58. The van der Waals surface area contributed by atoms with Crippen molar-refractivity contribution in [3.8, 4) is 5.75 Å². The van der Waals surface area contributed by atoms with Crippen molar-refractivity contribution >= 4 is 37.8 Å². The molecule has 0 spiro atoms. The molecule has 0 fully saturated rings. The second-order valence-electron chi connectivity index (χ2n) is 8.57. The number of aromatic nitrogens is 2. The van der Waals surface area contributed by atoms with Gasteiger partial charge in [0.05, 0.1) is 16.9 Å². The number of ether oxygens (including phenoxy) is 1. The van der Waals surface area contributed by atoms with Gasteiger partial charge >= 0.3 is 6.18 Å². The van der Waals surface area contributed by atoms with Gasteiger partial charge < -0.3 is 10.1 Å². The molecule has 188 valence electrons. The van der Waals surface area contributed by atoms with Crippen molar-refractivity contribution in [3.63, 3.8) is 0 Å². The molecule has 0 bridgehead atoms. The lowest BCUT2D eigenvalue weighted by atomic mass is 10.0. The lowest BCUT2D eigenvalue weighted by Crippen LogP contribution is -2.41. The average Bonchev–Trinajstić information content (AvgIpc) is 2.72. The minimum atomic E-state index is -4.55. The number of nitrogens with one attached hydrogen (secondary N) is 1. The molecule has 2 aromatic carbocycles. The third-order valence-electron chi connectivity index (χ3n) is 4.87. The Morgan fingerprint density at radius 2 is 1.94 bits per heavy atom. The van der Waals surface area contributed by atoms with Crippen LogP contribution in [0.25, 0.3) is 10.9 Å². The summed E-state index contributed by atoms with van der Waals surface area (Å²) in [7, 11) is -1.38. The summed E-state index contributed by atoms with van der Waals surface area (Å²) in [4.78, 5) is 20.8. The molecule has 35 heavy (non-hydrogen) atoms. The highest BCUT2D eigenvalue weighted by atomic mass is 32.2. The molecular weight excluding hydrogens is 484 g/mol. The van der Waals surface area contributed by atoms with Crippen LogP contribution in [0.15, 0.2) is 41.0 Å². The Hall–Kier alpha value is -3.21. The maximum absolute atomic E-state index is 14.0. The van der Waals surface area contributed by atoms with E-state index < -0.39 is 40.0 Å². The van der Waals surface area contributed by atoms with E-state index in [1.807, 2.05) is 31.6 Å². The summed E-state index contributed by atoms with van der Waals surface area (Å²) in [6.45, 7) is 1.72. The first-order valence-electron chi connectivity index (χ1n) is 10.5. The summed E-state index contributed by atoms with van der Waals surface area (Å²) >= 11 is 0. The highest BCUT2D eigenvalue weighted by Crippen LogP contribution is 2.30. The molecule has 1 heterocycles. The van der Waals surface area contributed by atoms with Crippen LogP contribution in [0.3, 0.4) is 0 Å².